The van der Waals surface area contributed by atoms with Crippen LogP contribution in [-0.4, -0.2) is 16.1 Å². The molecular formula is C13H21NO2. The lowest BCUT2D eigenvalue weighted by Crippen LogP contribution is -1.88. The molecule has 3 heteroatoms. The molecule has 0 atom stereocenters. The first-order valence-electron chi connectivity index (χ1n) is 5.76. The highest BCUT2D eigenvalue weighted by atomic mass is 16.4. The van der Waals surface area contributed by atoms with Crippen LogP contribution in [0.15, 0.2) is 24.4 Å². The smallest absolute Gasteiger partial charge is 0.300 e. The summed E-state index contributed by atoms with van der Waals surface area (Å²) in [6.45, 7) is 3.32. The summed E-state index contributed by atoms with van der Waals surface area (Å²) in [5.74, 6) is -0.833. The van der Waals surface area contributed by atoms with E-state index in [1.807, 2.05) is 12.3 Å². The number of hydrogen-bond donors (Lipinski definition) is 1. The molecule has 1 aromatic heterocycles. The first-order valence-corrected chi connectivity index (χ1v) is 5.76. The molecule has 1 aromatic rings. The van der Waals surface area contributed by atoms with E-state index in [1.54, 1.807) is 0 Å². The number of hydrogen-bond acceptors (Lipinski definition) is 2. The summed E-state index contributed by atoms with van der Waals surface area (Å²) in [7, 11) is 0. The van der Waals surface area contributed by atoms with Crippen LogP contribution in [-0.2, 0) is 11.2 Å². The highest BCUT2D eigenvalue weighted by Gasteiger charge is 1.91. The lowest BCUT2D eigenvalue weighted by atomic mass is 10.1. The molecule has 0 radical (unpaired) electrons. The van der Waals surface area contributed by atoms with Crippen LogP contribution in [0.2, 0.25) is 0 Å². The van der Waals surface area contributed by atoms with Crippen molar-refractivity contribution in [2.45, 2.75) is 46.0 Å². The van der Waals surface area contributed by atoms with Crippen LogP contribution in [0.4, 0.5) is 0 Å². The molecule has 90 valence electrons. The van der Waals surface area contributed by atoms with Crippen LogP contribution >= 0.6 is 0 Å². The van der Waals surface area contributed by atoms with Crippen molar-refractivity contribution in [3.63, 3.8) is 0 Å². The summed E-state index contributed by atoms with van der Waals surface area (Å²) < 4.78 is 0. The fourth-order valence-electron chi connectivity index (χ4n) is 1.28. The largest absolute Gasteiger partial charge is 0.481 e. The maximum absolute atomic E-state index is 9.00. The van der Waals surface area contributed by atoms with E-state index in [0.717, 1.165) is 13.3 Å². The van der Waals surface area contributed by atoms with Gasteiger partial charge in [0.1, 0.15) is 0 Å². The van der Waals surface area contributed by atoms with E-state index >= 15 is 0 Å². The van der Waals surface area contributed by atoms with E-state index in [0.29, 0.717) is 0 Å². The van der Waals surface area contributed by atoms with Gasteiger partial charge in [-0.3, -0.25) is 9.78 Å². The van der Waals surface area contributed by atoms with Gasteiger partial charge in [-0.2, -0.15) is 0 Å². The third-order valence-corrected chi connectivity index (χ3v) is 2.01. The molecule has 0 fully saturated rings. The summed E-state index contributed by atoms with van der Waals surface area (Å²) in [5, 5.41) is 7.42. The van der Waals surface area contributed by atoms with E-state index < -0.39 is 5.97 Å². The fourth-order valence-corrected chi connectivity index (χ4v) is 1.28. The second kappa shape index (κ2) is 10.1. The van der Waals surface area contributed by atoms with Crippen molar-refractivity contribution in [3.05, 3.63) is 30.1 Å². The zero-order chi connectivity index (χ0) is 12.2. The van der Waals surface area contributed by atoms with Gasteiger partial charge in [0.25, 0.3) is 5.97 Å². The predicted octanol–water partition coefficient (Wildman–Crippen LogP) is 3.30. The number of aryl methyl sites for hydroxylation is 1. The van der Waals surface area contributed by atoms with Crippen molar-refractivity contribution >= 4 is 5.97 Å². The van der Waals surface area contributed by atoms with Crippen molar-refractivity contribution < 1.29 is 9.90 Å². The number of nitrogens with zero attached hydrogens (tertiary/aromatic N) is 1. The summed E-state index contributed by atoms with van der Waals surface area (Å²) in [6.07, 6.45) is 8.29. The van der Waals surface area contributed by atoms with Crippen LogP contribution < -0.4 is 0 Å². The van der Waals surface area contributed by atoms with Gasteiger partial charge in [0.2, 0.25) is 0 Å². The van der Waals surface area contributed by atoms with Crippen molar-refractivity contribution in [3.8, 4) is 0 Å². The summed E-state index contributed by atoms with van der Waals surface area (Å²) >= 11 is 0. The lowest BCUT2D eigenvalue weighted by molar-refractivity contribution is -0.134. The Kier molecular flexibility index (Phi) is 9.27. The summed E-state index contributed by atoms with van der Waals surface area (Å²) in [6, 6.07) is 6.13. The zero-order valence-corrected chi connectivity index (χ0v) is 10.1. The second-order valence-electron chi connectivity index (χ2n) is 3.65. The zero-order valence-electron chi connectivity index (χ0n) is 10.1. The van der Waals surface area contributed by atoms with Crippen molar-refractivity contribution in [2.75, 3.05) is 0 Å². The van der Waals surface area contributed by atoms with Gasteiger partial charge in [0.15, 0.2) is 0 Å². The maximum atomic E-state index is 9.00. The molecule has 1 heterocycles. The van der Waals surface area contributed by atoms with Crippen LogP contribution in [0.5, 0.6) is 0 Å². The van der Waals surface area contributed by atoms with E-state index in [-0.39, 0.29) is 0 Å². The monoisotopic (exact) mass is 223 g/mol. The van der Waals surface area contributed by atoms with Gasteiger partial charge in [-0.15, -0.1) is 0 Å². The van der Waals surface area contributed by atoms with Crippen LogP contribution in [0.1, 0.15) is 45.2 Å². The fraction of sp³-hybridized carbons (Fsp3) is 0.538. The van der Waals surface area contributed by atoms with E-state index in [1.165, 1.54) is 31.4 Å². The molecule has 0 aromatic carbocycles. The quantitative estimate of drug-likeness (QED) is 0.779. The summed E-state index contributed by atoms with van der Waals surface area (Å²) in [5.41, 5.74) is 1.23. The van der Waals surface area contributed by atoms with E-state index in [9.17, 15) is 0 Å². The third kappa shape index (κ3) is 10.7. The van der Waals surface area contributed by atoms with Crippen molar-refractivity contribution in [2.24, 2.45) is 0 Å². The molecule has 1 N–H and O–H groups in total. The third-order valence-electron chi connectivity index (χ3n) is 2.01. The maximum Gasteiger partial charge on any atom is 0.300 e. The normalized spacial score (nSPS) is 9.12. The first-order chi connectivity index (χ1) is 7.66. The first kappa shape index (κ1) is 14.6. The SMILES string of the molecule is CC(=O)O.CCCCCCc1ccccn1. The Morgan fingerprint density at radius 3 is 2.50 bits per heavy atom. The second-order valence-corrected chi connectivity index (χ2v) is 3.65. The molecular weight excluding hydrogens is 202 g/mol. The lowest BCUT2D eigenvalue weighted by Gasteiger charge is -1.98. The molecule has 0 saturated heterocycles. The number of aliphatic carboxylic acids is 1. The average Bonchev–Trinajstić information content (AvgIpc) is 2.25. The molecule has 0 bridgehead atoms. The number of carbonyl (C=O) groups is 1. The highest BCUT2D eigenvalue weighted by molar-refractivity contribution is 5.62. The number of aromatic nitrogens is 1. The molecule has 3 nitrogen and oxygen atoms in total. The van der Waals surface area contributed by atoms with Gasteiger partial charge in [0.05, 0.1) is 0 Å². The number of pyridine rings is 1. The number of rotatable bonds is 5. The van der Waals surface area contributed by atoms with Gasteiger partial charge < -0.3 is 5.11 Å². The minimum atomic E-state index is -0.833. The van der Waals surface area contributed by atoms with Crippen LogP contribution in [0, 0.1) is 0 Å². The van der Waals surface area contributed by atoms with E-state index in [4.69, 9.17) is 9.90 Å². The molecule has 0 aliphatic rings. The van der Waals surface area contributed by atoms with E-state index in [2.05, 4.69) is 24.0 Å². The molecule has 16 heavy (non-hydrogen) atoms. The Labute approximate surface area is 97.5 Å². The molecule has 0 aliphatic heterocycles. The number of carboxylic acid groups (broad SMARTS) is 1. The molecule has 1 rings (SSSR count). The van der Waals surface area contributed by atoms with Crippen LogP contribution in [0.3, 0.4) is 0 Å². The number of carboxylic acids is 1. The van der Waals surface area contributed by atoms with Crippen molar-refractivity contribution in [1.82, 2.24) is 4.98 Å². The van der Waals surface area contributed by atoms with Gasteiger partial charge in [-0.1, -0.05) is 32.3 Å². The van der Waals surface area contributed by atoms with Gasteiger partial charge in [-0.05, 0) is 25.0 Å². The number of unbranched alkanes of at least 4 members (excludes halogenated alkanes) is 3. The highest BCUT2D eigenvalue weighted by Crippen LogP contribution is 2.04. The Morgan fingerprint density at radius 1 is 1.31 bits per heavy atom. The Hall–Kier alpha value is -1.38. The average molecular weight is 223 g/mol. The predicted molar refractivity (Wildman–Crippen MR) is 65.4 cm³/mol. The molecule has 0 unspecified atom stereocenters. The van der Waals surface area contributed by atoms with Gasteiger partial charge >= 0.3 is 0 Å². The Morgan fingerprint density at radius 2 is 2.00 bits per heavy atom. The van der Waals surface area contributed by atoms with Crippen LogP contribution in [0.25, 0.3) is 0 Å². The molecule has 0 saturated carbocycles. The Balaban J connectivity index is 0.000000487. The minimum Gasteiger partial charge on any atom is -0.481 e. The summed E-state index contributed by atoms with van der Waals surface area (Å²) in [4.78, 5) is 13.3. The standard InChI is InChI=1S/C11H17N.C2H4O2/c1-2-3-4-5-8-11-9-6-7-10-12-11;1-2(3)4/h6-7,9-10H,2-5,8H2,1H3;1H3,(H,3,4). The topological polar surface area (TPSA) is 50.2 Å². The Bertz CT molecular complexity index is 269. The van der Waals surface area contributed by atoms with Crippen molar-refractivity contribution in [1.29, 1.82) is 0 Å². The van der Waals surface area contributed by atoms with Gasteiger partial charge in [0, 0.05) is 18.8 Å². The van der Waals surface area contributed by atoms with Gasteiger partial charge in [-0.25, -0.2) is 0 Å². The molecule has 0 aliphatic carbocycles. The minimum absolute atomic E-state index is 0.833. The molecule has 0 spiro atoms. The molecule has 0 amide bonds.